The number of ether oxygens (including phenoxy) is 1. The van der Waals surface area contributed by atoms with Gasteiger partial charge in [-0.2, -0.15) is 0 Å². The van der Waals surface area contributed by atoms with Crippen molar-refractivity contribution in [3.05, 3.63) is 0 Å². The molecule has 0 bridgehead atoms. The Labute approximate surface area is 106 Å². The van der Waals surface area contributed by atoms with Crippen LogP contribution in [0.15, 0.2) is 0 Å². The van der Waals surface area contributed by atoms with Gasteiger partial charge in [0.1, 0.15) is 5.60 Å². The quantitative estimate of drug-likeness (QED) is 0.637. The molecule has 0 atom stereocenters. The Morgan fingerprint density at radius 1 is 1.06 bits per heavy atom. The van der Waals surface area contributed by atoms with E-state index in [9.17, 15) is 4.79 Å². The average Bonchev–Trinajstić information content (AvgIpc) is 2.11. The molecule has 102 valence electrons. The summed E-state index contributed by atoms with van der Waals surface area (Å²) in [5, 5.41) is 0. The van der Waals surface area contributed by atoms with E-state index in [1.165, 1.54) is 0 Å². The molecule has 0 spiro atoms. The third kappa shape index (κ3) is 11.6. The van der Waals surface area contributed by atoms with E-state index in [1.54, 1.807) is 0 Å². The lowest BCUT2D eigenvalue weighted by Gasteiger charge is -2.21. The summed E-state index contributed by atoms with van der Waals surface area (Å²) in [7, 11) is 6.18. The Hall–Kier alpha value is -0.610. The predicted molar refractivity (Wildman–Crippen MR) is 71.1 cm³/mol. The fraction of sp³-hybridized carbons (Fsp3) is 0.923. The summed E-state index contributed by atoms with van der Waals surface area (Å²) in [5.41, 5.74) is -0.374. The van der Waals surface area contributed by atoms with Gasteiger partial charge in [0.2, 0.25) is 0 Å². The van der Waals surface area contributed by atoms with Crippen LogP contribution >= 0.6 is 0 Å². The van der Waals surface area contributed by atoms with E-state index in [0.717, 1.165) is 26.1 Å². The number of carbonyl (C=O) groups excluding carboxylic acids is 1. The van der Waals surface area contributed by atoms with Gasteiger partial charge in [0.15, 0.2) is 0 Å². The van der Waals surface area contributed by atoms with Crippen LogP contribution in [0.5, 0.6) is 0 Å². The second kappa shape index (κ2) is 7.67. The zero-order valence-corrected chi connectivity index (χ0v) is 12.2. The number of nitrogens with zero attached hydrogens (tertiary/aromatic N) is 2. The average molecular weight is 244 g/mol. The summed E-state index contributed by atoms with van der Waals surface area (Å²) < 4.78 is 5.26. The third-order valence-electron chi connectivity index (χ3n) is 2.26. The van der Waals surface area contributed by atoms with Crippen LogP contribution < -0.4 is 0 Å². The minimum atomic E-state index is -0.374. The molecular formula is C13H28N2O2. The molecule has 0 radical (unpaired) electrons. The van der Waals surface area contributed by atoms with Gasteiger partial charge in [-0.3, -0.25) is 4.79 Å². The van der Waals surface area contributed by atoms with Gasteiger partial charge in [-0.1, -0.05) is 0 Å². The summed E-state index contributed by atoms with van der Waals surface area (Å²) in [5.74, 6) is -0.114. The van der Waals surface area contributed by atoms with Gasteiger partial charge in [0.05, 0.1) is 6.42 Å². The molecular weight excluding hydrogens is 216 g/mol. The van der Waals surface area contributed by atoms with E-state index in [0.29, 0.717) is 6.42 Å². The first-order valence-electron chi connectivity index (χ1n) is 6.26. The fourth-order valence-corrected chi connectivity index (χ4v) is 1.44. The largest absolute Gasteiger partial charge is 0.460 e. The smallest absolute Gasteiger partial charge is 0.307 e. The van der Waals surface area contributed by atoms with Gasteiger partial charge in [-0.15, -0.1) is 0 Å². The first-order valence-corrected chi connectivity index (χ1v) is 6.26. The Kier molecular flexibility index (Phi) is 7.39. The van der Waals surface area contributed by atoms with Crippen molar-refractivity contribution in [2.24, 2.45) is 0 Å². The van der Waals surface area contributed by atoms with Crippen LogP contribution in [0.3, 0.4) is 0 Å². The standard InChI is InChI=1S/C13H28N2O2/c1-13(2,3)17-12(16)8-11-15(6)10-7-9-14(4)5/h7-11H2,1-6H3. The van der Waals surface area contributed by atoms with Gasteiger partial charge >= 0.3 is 5.97 Å². The molecule has 0 fully saturated rings. The van der Waals surface area contributed by atoms with Gasteiger partial charge in [0, 0.05) is 6.54 Å². The highest BCUT2D eigenvalue weighted by molar-refractivity contribution is 5.70. The fourth-order valence-electron chi connectivity index (χ4n) is 1.44. The minimum absolute atomic E-state index is 0.114. The first-order chi connectivity index (χ1) is 7.70. The highest BCUT2D eigenvalue weighted by Gasteiger charge is 2.16. The second-order valence-electron chi connectivity index (χ2n) is 5.80. The summed E-state index contributed by atoms with van der Waals surface area (Å²) in [6.07, 6.45) is 1.59. The number of hydrogen-bond donors (Lipinski definition) is 0. The van der Waals surface area contributed by atoms with E-state index in [2.05, 4.69) is 23.9 Å². The molecule has 0 amide bonds. The lowest BCUT2D eigenvalue weighted by atomic mass is 10.2. The Morgan fingerprint density at radius 3 is 2.12 bits per heavy atom. The molecule has 4 heteroatoms. The zero-order valence-electron chi connectivity index (χ0n) is 12.2. The van der Waals surface area contributed by atoms with Gasteiger partial charge in [-0.05, 0) is 61.4 Å². The van der Waals surface area contributed by atoms with Crippen molar-refractivity contribution >= 4 is 5.97 Å². The summed E-state index contributed by atoms with van der Waals surface area (Å²) >= 11 is 0. The van der Waals surface area contributed by atoms with Crippen LogP contribution in [-0.2, 0) is 9.53 Å². The molecule has 0 aliphatic heterocycles. The van der Waals surface area contributed by atoms with Crippen molar-refractivity contribution in [3.8, 4) is 0 Å². The highest BCUT2D eigenvalue weighted by Crippen LogP contribution is 2.08. The van der Waals surface area contributed by atoms with Crippen molar-refractivity contribution in [1.29, 1.82) is 0 Å². The molecule has 0 aromatic heterocycles. The van der Waals surface area contributed by atoms with E-state index in [-0.39, 0.29) is 11.6 Å². The second-order valence-corrected chi connectivity index (χ2v) is 5.80. The van der Waals surface area contributed by atoms with Crippen molar-refractivity contribution in [3.63, 3.8) is 0 Å². The van der Waals surface area contributed by atoms with Gasteiger partial charge in [0.25, 0.3) is 0 Å². The van der Waals surface area contributed by atoms with Crippen LogP contribution in [0.1, 0.15) is 33.6 Å². The lowest BCUT2D eigenvalue weighted by molar-refractivity contribution is -0.155. The SMILES string of the molecule is CN(C)CCCN(C)CCC(=O)OC(C)(C)C. The summed E-state index contributed by atoms with van der Waals surface area (Å²) in [6.45, 7) is 8.54. The highest BCUT2D eigenvalue weighted by atomic mass is 16.6. The lowest BCUT2D eigenvalue weighted by Crippen LogP contribution is -2.29. The maximum atomic E-state index is 11.5. The van der Waals surface area contributed by atoms with Crippen LogP contribution in [-0.4, -0.2) is 62.1 Å². The van der Waals surface area contributed by atoms with Crippen LogP contribution in [0.4, 0.5) is 0 Å². The number of esters is 1. The van der Waals surface area contributed by atoms with Crippen LogP contribution in [0.25, 0.3) is 0 Å². The van der Waals surface area contributed by atoms with Crippen molar-refractivity contribution in [2.75, 3.05) is 40.8 Å². The number of rotatable bonds is 7. The van der Waals surface area contributed by atoms with Crippen molar-refractivity contribution in [1.82, 2.24) is 9.80 Å². The maximum Gasteiger partial charge on any atom is 0.307 e. The van der Waals surface area contributed by atoms with E-state index < -0.39 is 0 Å². The molecule has 0 rings (SSSR count). The van der Waals surface area contributed by atoms with Crippen LogP contribution in [0.2, 0.25) is 0 Å². The van der Waals surface area contributed by atoms with Gasteiger partial charge in [-0.25, -0.2) is 0 Å². The molecule has 0 N–H and O–H groups in total. The monoisotopic (exact) mass is 244 g/mol. The molecule has 0 saturated carbocycles. The van der Waals surface area contributed by atoms with E-state index >= 15 is 0 Å². The molecule has 4 nitrogen and oxygen atoms in total. The van der Waals surface area contributed by atoms with E-state index in [4.69, 9.17) is 4.74 Å². The molecule has 17 heavy (non-hydrogen) atoms. The number of carbonyl (C=O) groups is 1. The third-order valence-corrected chi connectivity index (χ3v) is 2.26. The van der Waals surface area contributed by atoms with Crippen molar-refractivity contribution in [2.45, 2.75) is 39.2 Å². The molecule has 0 aromatic carbocycles. The van der Waals surface area contributed by atoms with E-state index in [1.807, 2.05) is 27.8 Å². The Morgan fingerprint density at radius 2 is 1.65 bits per heavy atom. The predicted octanol–water partition coefficient (Wildman–Crippen LogP) is 1.60. The minimum Gasteiger partial charge on any atom is -0.460 e. The zero-order chi connectivity index (χ0) is 13.5. The molecule has 0 aromatic rings. The summed E-state index contributed by atoms with van der Waals surface area (Å²) in [4.78, 5) is 15.8. The topological polar surface area (TPSA) is 32.8 Å². The molecule has 0 saturated heterocycles. The van der Waals surface area contributed by atoms with Crippen LogP contribution in [0, 0.1) is 0 Å². The normalized spacial score (nSPS) is 12.2. The number of hydrogen-bond acceptors (Lipinski definition) is 4. The first kappa shape index (κ1) is 16.4. The Bertz CT molecular complexity index is 222. The summed E-state index contributed by atoms with van der Waals surface area (Å²) in [6, 6.07) is 0. The van der Waals surface area contributed by atoms with Gasteiger partial charge < -0.3 is 14.5 Å². The maximum absolute atomic E-state index is 11.5. The van der Waals surface area contributed by atoms with Crippen molar-refractivity contribution < 1.29 is 9.53 Å². The molecule has 0 aliphatic rings. The molecule has 0 unspecified atom stereocenters. The molecule has 0 heterocycles. The molecule has 0 aliphatic carbocycles. The Balaban J connectivity index is 3.62.